The van der Waals surface area contributed by atoms with Gasteiger partial charge in [-0.05, 0) is 55.0 Å². The average Bonchev–Trinajstić information content (AvgIpc) is 3.30. The molecule has 1 aliphatic heterocycles. The lowest BCUT2D eigenvalue weighted by Crippen LogP contribution is -2.30. The van der Waals surface area contributed by atoms with E-state index in [1.807, 2.05) is 42.9 Å². The molecule has 0 saturated carbocycles. The van der Waals surface area contributed by atoms with Gasteiger partial charge in [0.2, 0.25) is 17.7 Å². The lowest BCUT2D eigenvalue weighted by Gasteiger charge is -2.21. The van der Waals surface area contributed by atoms with Crippen LogP contribution in [0.1, 0.15) is 18.9 Å². The fourth-order valence-electron chi connectivity index (χ4n) is 4.56. The van der Waals surface area contributed by atoms with Crippen molar-refractivity contribution in [1.29, 1.82) is 0 Å². The van der Waals surface area contributed by atoms with Crippen molar-refractivity contribution in [3.05, 3.63) is 65.4 Å². The third-order valence-electron chi connectivity index (χ3n) is 6.29. The van der Waals surface area contributed by atoms with Gasteiger partial charge in [-0.15, -0.1) is 0 Å². The molecule has 2 aromatic heterocycles. The number of carbonyl (C=O) groups excluding carboxylic acids is 2. The number of fused-ring (bicyclic) bond motifs is 1. The van der Waals surface area contributed by atoms with Crippen LogP contribution < -0.4 is 14.4 Å². The fourth-order valence-corrected chi connectivity index (χ4v) is 4.68. The number of anilines is 1. The maximum atomic E-state index is 12.9. The number of nitrogens with zero attached hydrogens (tertiary/aromatic N) is 3. The molecule has 1 atom stereocenters. The summed E-state index contributed by atoms with van der Waals surface area (Å²) >= 11 is 6.05. The van der Waals surface area contributed by atoms with Gasteiger partial charge in [0, 0.05) is 53.3 Å². The van der Waals surface area contributed by atoms with E-state index in [1.165, 1.54) is 4.90 Å². The average molecular weight is 490 g/mol. The zero-order valence-electron chi connectivity index (χ0n) is 19.8. The highest BCUT2D eigenvalue weighted by Gasteiger charge is 2.38. The number of carbonyl (C=O) groups is 2. The molecule has 1 saturated heterocycles. The van der Waals surface area contributed by atoms with Crippen LogP contribution in [0, 0.1) is 12.8 Å². The predicted molar refractivity (Wildman–Crippen MR) is 135 cm³/mol. The van der Waals surface area contributed by atoms with E-state index in [0.717, 1.165) is 27.6 Å². The Morgan fingerprint density at radius 3 is 2.49 bits per heavy atom. The van der Waals surface area contributed by atoms with E-state index in [9.17, 15) is 9.59 Å². The largest absolute Gasteiger partial charge is 0.479 e. The zero-order valence-corrected chi connectivity index (χ0v) is 20.6. The van der Waals surface area contributed by atoms with Crippen LogP contribution in [-0.4, -0.2) is 28.5 Å². The first-order chi connectivity index (χ1) is 16.8. The molecule has 35 heavy (non-hydrogen) atoms. The number of halogens is 1. The Morgan fingerprint density at radius 2 is 1.83 bits per heavy atom. The van der Waals surface area contributed by atoms with Gasteiger partial charge in [-0.1, -0.05) is 18.5 Å². The van der Waals surface area contributed by atoms with E-state index in [1.54, 1.807) is 44.5 Å². The Labute approximate surface area is 207 Å². The molecule has 5 rings (SSSR count). The first-order valence-electron chi connectivity index (χ1n) is 11.2. The first-order valence-corrected chi connectivity index (χ1v) is 11.6. The number of methoxy groups -OCH3 is 1. The number of pyridine rings is 1. The Kier molecular flexibility index (Phi) is 5.73. The van der Waals surface area contributed by atoms with Crippen molar-refractivity contribution in [1.82, 2.24) is 9.55 Å². The number of hydrogen-bond acceptors (Lipinski definition) is 5. The van der Waals surface area contributed by atoms with Gasteiger partial charge < -0.3 is 14.0 Å². The van der Waals surface area contributed by atoms with Crippen LogP contribution in [0.5, 0.6) is 17.4 Å². The van der Waals surface area contributed by atoms with E-state index in [-0.39, 0.29) is 24.2 Å². The van der Waals surface area contributed by atoms with Gasteiger partial charge in [-0.3, -0.25) is 14.5 Å². The molecule has 7 nitrogen and oxygen atoms in total. The molecule has 2 aromatic carbocycles. The van der Waals surface area contributed by atoms with Crippen LogP contribution in [0.4, 0.5) is 5.69 Å². The second kappa shape index (κ2) is 8.74. The normalized spacial score (nSPS) is 15.8. The molecule has 0 radical (unpaired) electrons. The van der Waals surface area contributed by atoms with Gasteiger partial charge in [-0.25, -0.2) is 4.98 Å². The van der Waals surface area contributed by atoms with E-state index >= 15 is 0 Å². The van der Waals surface area contributed by atoms with E-state index < -0.39 is 0 Å². The van der Waals surface area contributed by atoms with Crippen molar-refractivity contribution in [2.45, 2.75) is 20.3 Å². The van der Waals surface area contributed by atoms with Gasteiger partial charge in [0.05, 0.1) is 12.8 Å². The number of aromatic nitrogens is 2. The van der Waals surface area contributed by atoms with Crippen LogP contribution in [0.15, 0.2) is 54.9 Å². The summed E-state index contributed by atoms with van der Waals surface area (Å²) in [4.78, 5) is 31.2. The molecule has 0 N–H and O–H groups in total. The third-order valence-corrected chi connectivity index (χ3v) is 6.54. The summed E-state index contributed by atoms with van der Waals surface area (Å²) in [7, 11) is 3.50. The molecule has 4 aromatic rings. The first kappa shape index (κ1) is 22.9. The summed E-state index contributed by atoms with van der Waals surface area (Å²) in [5.74, 6) is 0.963. The quantitative estimate of drug-likeness (QED) is 0.326. The molecule has 0 aliphatic carbocycles. The van der Waals surface area contributed by atoms with Crippen molar-refractivity contribution in [3.8, 4) is 28.5 Å². The lowest BCUT2D eigenvalue weighted by molar-refractivity contribution is -0.122. The van der Waals surface area contributed by atoms with Crippen LogP contribution in [0.2, 0.25) is 5.02 Å². The highest BCUT2D eigenvalue weighted by atomic mass is 35.5. The van der Waals surface area contributed by atoms with Crippen molar-refractivity contribution >= 4 is 40.0 Å². The Hall–Kier alpha value is -3.84. The number of ether oxygens (including phenoxy) is 2. The second-order valence-electron chi connectivity index (χ2n) is 8.73. The van der Waals surface area contributed by atoms with Crippen molar-refractivity contribution in [2.75, 3.05) is 12.0 Å². The van der Waals surface area contributed by atoms with Crippen LogP contribution in [0.3, 0.4) is 0 Å². The van der Waals surface area contributed by atoms with Gasteiger partial charge in [0.1, 0.15) is 17.0 Å². The van der Waals surface area contributed by atoms with Gasteiger partial charge in [0.25, 0.3) is 0 Å². The molecule has 1 unspecified atom stereocenters. The van der Waals surface area contributed by atoms with E-state index in [2.05, 4.69) is 4.98 Å². The minimum atomic E-state index is -0.344. The van der Waals surface area contributed by atoms with Crippen LogP contribution >= 0.6 is 11.6 Å². The highest BCUT2D eigenvalue weighted by Crippen LogP contribution is 2.44. The molecular formula is C27H24ClN3O4. The number of imide groups is 1. The molecule has 0 spiro atoms. The molecule has 178 valence electrons. The van der Waals surface area contributed by atoms with Crippen molar-refractivity contribution < 1.29 is 19.1 Å². The number of aryl methyl sites for hydroxylation is 2. The molecule has 8 heteroatoms. The number of hydrogen-bond donors (Lipinski definition) is 0. The highest BCUT2D eigenvalue weighted by molar-refractivity contribution is 6.30. The van der Waals surface area contributed by atoms with Gasteiger partial charge in [0.15, 0.2) is 0 Å². The maximum Gasteiger partial charge on any atom is 0.238 e. The Balaban J connectivity index is 1.74. The van der Waals surface area contributed by atoms with Gasteiger partial charge in [-0.2, -0.15) is 0 Å². The molecular weight excluding hydrogens is 466 g/mol. The minimum absolute atomic E-state index is 0.195. The molecule has 2 amide bonds. The Bertz CT molecular complexity index is 1480. The predicted octanol–water partition coefficient (Wildman–Crippen LogP) is 5.90. The minimum Gasteiger partial charge on any atom is -0.479 e. The number of amides is 2. The lowest BCUT2D eigenvalue weighted by atomic mass is 10.00. The SMILES string of the molecule is COc1nccc2c(-c3cc(N4C(=O)CC(C)C4=O)c(C)cc3Oc3ccc(Cl)cc3)cn(C)c12. The molecule has 1 aliphatic rings. The van der Waals surface area contributed by atoms with Crippen molar-refractivity contribution in [3.63, 3.8) is 0 Å². The molecule has 3 heterocycles. The monoisotopic (exact) mass is 489 g/mol. The smallest absolute Gasteiger partial charge is 0.238 e. The summed E-state index contributed by atoms with van der Waals surface area (Å²) < 4.78 is 13.7. The number of rotatable bonds is 5. The second-order valence-corrected chi connectivity index (χ2v) is 9.17. The molecule has 0 bridgehead atoms. The Morgan fingerprint density at radius 1 is 1.09 bits per heavy atom. The summed E-state index contributed by atoms with van der Waals surface area (Å²) in [5, 5.41) is 1.51. The standard InChI is InChI=1S/C27H24ClN3O4/c1-15-11-23(35-18-7-5-17(28)6-8-18)20(13-22(15)31-24(32)12-16(2)27(31)33)21-14-30(3)25-19(21)9-10-29-26(25)34-4/h5-11,13-14,16H,12H2,1-4H3. The maximum absolute atomic E-state index is 12.9. The van der Waals surface area contributed by atoms with E-state index in [0.29, 0.717) is 28.1 Å². The zero-order chi connectivity index (χ0) is 24.9. The summed E-state index contributed by atoms with van der Waals surface area (Å²) in [6.45, 7) is 3.64. The van der Waals surface area contributed by atoms with Crippen LogP contribution in [-0.2, 0) is 16.6 Å². The summed E-state index contributed by atoms with van der Waals surface area (Å²) in [6, 6.07) is 12.7. The van der Waals surface area contributed by atoms with Gasteiger partial charge >= 0.3 is 0 Å². The fraction of sp³-hybridized carbons (Fsp3) is 0.222. The topological polar surface area (TPSA) is 73.7 Å². The number of benzene rings is 2. The summed E-state index contributed by atoms with van der Waals surface area (Å²) in [6.07, 6.45) is 3.86. The summed E-state index contributed by atoms with van der Waals surface area (Å²) in [5.41, 5.74) is 3.74. The third kappa shape index (κ3) is 3.91. The molecule has 1 fully saturated rings. The van der Waals surface area contributed by atoms with Crippen molar-refractivity contribution in [2.24, 2.45) is 13.0 Å². The van der Waals surface area contributed by atoms with E-state index in [4.69, 9.17) is 21.1 Å². The van der Waals surface area contributed by atoms with Crippen LogP contribution in [0.25, 0.3) is 22.0 Å².